The lowest BCUT2D eigenvalue weighted by molar-refractivity contribution is 0.457. The van der Waals surface area contributed by atoms with Crippen LogP contribution in [0.3, 0.4) is 0 Å². The highest BCUT2D eigenvalue weighted by Crippen LogP contribution is 2.29. The number of aromatic nitrogens is 2. The third kappa shape index (κ3) is 3.00. The van der Waals surface area contributed by atoms with E-state index in [1.165, 1.54) is 6.33 Å². The van der Waals surface area contributed by atoms with E-state index in [1.54, 1.807) is 24.3 Å². The molecule has 0 N–H and O–H groups in total. The molecule has 0 bridgehead atoms. The van der Waals surface area contributed by atoms with Gasteiger partial charge in [-0.2, -0.15) is 0 Å². The Labute approximate surface area is 113 Å². The minimum absolute atomic E-state index is 0.176. The van der Waals surface area contributed by atoms with Crippen LogP contribution in [0.2, 0.25) is 10.2 Å². The highest BCUT2D eigenvalue weighted by Gasteiger charge is 2.11. The fraction of sp³-hybridized carbons (Fsp3) is 0.0909. The lowest BCUT2D eigenvalue weighted by Gasteiger charge is -2.08. The van der Waals surface area contributed by atoms with E-state index in [1.807, 2.05) is 0 Å². The van der Waals surface area contributed by atoms with Crippen LogP contribution in [0.25, 0.3) is 0 Å². The summed E-state index contributed by atoms with van der Waals surface area (Å²) in [4.78, 5) is 7.82. The summed E-state index contributed by atoms with van der Waals surface area (Å²) in [6.07, 6.45) is 1.32. The average molecular weight is 290 g/mol. The second-order valence-electron chi connectivity index (χ2n) is 3.14. The van der Waals surface area contributed by atoms with Crippen LogP contribution in [0.15, 0.2) is 30.6 Å². The number of halogens is 3. The van der Waals surface area contributed by atoms with E-state index in [4.69, 9.17) is 39.5 Å². The van der Waals surface area contributed by atoms with Crippen LogP contribution in [-0.2, 0) is 5.88 Å². The Kier molecular flexibility index (Phi) is 4.05. The van der Waals surface area contributed by atoms with Crippen molar-refractivity contribution in [3.63, 3.8) is 0 Å². The molecular weight excluding hydrogens is 282 g/mol. The predicted molar refractivity (Wildman–Crippen MR) is 68.1 cm³/mol. The van der Waals surface area contributed by atoms with Crippen LogP contribution in [0.1, 0.15) is 5.56 Å². The molecule has 0 atom stereocenters. The number of rotatable bonds is 3. The predicted octanol–water partition coefficient (Wildman–Crippen LogP) is 4.31. The topological polar surface area (TPSA) is 35.0 Å². The van der Waals surface area contributed by atoms with Crippen molar-refractivity contribution >= 4 is 34.8 Å². The van der Waals surface area contributed by atoms with Crippen molar-refractivity contribution in [2.75, 3.05) is 0 Å². The van der Waals surface area contributed by atoms with Crippen molar-refractivity contribution in [2.45, 2.75) is 5.88 Å². The van der Waals surface area contributed by atoms with Gasteiger partial charge < -0.3 is 4.74 Å². The van der Waals surface area contributed by atoms with Crippen molar-refractivity contribution in [3.8, 4) is 11.6 Å². The first kappa shape index (κ1) is 12.4. The van der Waals surface area contributed by atoms with Crippen molar-refractivity contribution in [1.82, 2.24) is 9.97 Å². The van der Waals surface area contributed by atoms with Gasteiger partial charge in [0, 0.05) is 5.02 Å². The summed E-state index contributed by atoms with van der Waals surface area (Å²) in [6.45, 7) is 0. The van der Waals surface area contributed by atoms with Crippen LogP contribution in [-0.4, -0.2) is 9.97 Å². The van der Waals surface area contributed by atoms with Gasteiger partial charge in [-0.25, -0.2) is 9.97 Å². The molecule has 0 spiro atoms. The molecule has 0 aliphatic carbocycles. The number of alkyl halides is 1. The van der Waals surface area contributed by atoms with Gasteiger partial charge in [-0.15, -0.1) is 11.6 Å². The average Bonchev–Trinajstić information content (AvgIpc) is 2.29. The fourth-order valence-electron chi connectivity index (χ4n) is 1.22. The second kappa shape index (κ2) is 5.54. The number of hydrogen-bond donors (Lipinski definition) is 0. The van der Waals surface area contributed by atoms with E-state index in [2.05, 4.69) is 9.97 Å². The molecule has 2 aromatic rings. The van der Waals surface area contributed by atoms with E-state index in [0.29, 0.717) is 22.2 Å². The third-order valence-corrected chi connectivity index (χ3v) is 2.83. The van der Waals surface area contributed by atoms with Crippen molar-refractivity contribution in [1.29, 1.82) is 0 Å². The van der Waals surface area contributed by atoms with E-state index < -0.39 is 0 Å². The lowest BCUT2D eigenvalue weighted by atomic mass is 10.3. The molecule has 17 heavy (non-hydrogen) atoms. The normalized spacial score (nSPS) is 10.3. The molecule has 0 saturated heterocycles. The van der Waals surface area contributed by atoms with Crippen LogP contribution < -0.4 is 4.74 Å². The second-order valence-corrected chi connectivity index (χ2v) is 4.20. The number of hydrogen-bond acceptors (Lipinski definition) is 3. The molecule has 1 aromatic carbocycles. The molecule has 0 amide bonds. The first-order valence-corrected chi connectivity index (χ1v) is 5.98. The van der Waals surface area contributed by atoms with E-state index in [0.717, 1.165) is 0 Å². The molecule has 1 aromatic heterocycles. The van der Waals surface area contributed by atoms with E-state index in [-0.39, 0.29) is 11.0 Å². The molecule has 0 aliphatic rings. The summed E-state index contributed by atoms with van der Waals surface area (Å²) in [5.41, 5.74) is 0.552. The molecule has 2 rings (SSSR count). The Balaban J connectivity index is 2.33. The van der Waals surface area contributed by atoms with Crippen LogP contribution in [0.4, 0.5) is 0 Å². The van der Waals surface area contributed by atoms with Crippen LogP contribution in [0, 0.1) is 0 Å². The van der Waals surface area contributed by atoms with Gasteiger partial charge in [-0.1, -0.05) is 29.3 Å². The summed E-state index contributed by atoms with van der Waals surface area (Å²) in [7, 11) is 0. The zero-order valence-electron chi connectivity index (χ0n) is 8.53. The molecule has 0 radical (unpaired) electrons. The summed E-state index contributed by atoms with van der Waals surface area (Å²) in [5, 5.41) is 0.863. The smallest absolute Gasteiger partial charge is 0.228 e. The SMILES string of the molecule is ClCc1c(Cl)ncnc1Oc1cccc(Cl)c1. The zero-order valence-corrected chi connectivity index (χ0v) is 10.8. The first-order valence-electron chi connectivity index (χ1n) is 4.69. The van der Waals surface area contributed by atoms with E-state index >= 15 is 0 Å². The molecule has 3 nitrogen and oxygen atoms in total. The standard InChI is InChI=1S/C11H7Cl3N2O/c12-5-9-10(14)15-6-16-11(9)17-8-3-1-2-7(13)4-8/h1-4,6H,5H2. The summed E-state index contributed by atoms with van der Waals surface area (Å²) in [6, 6.07) is 6.97. The Morgan fingerprint density at radius 2 is 2.00 bits per heavy atom. The molecular formula is C11H7Cl3N2O. The molecule has 0 unspecified atom stereocenters. The Morgan fingerprint density at radius 1 is 1.18 bits per heavy atom. The van der Waals surface area contributed by atoms with Crippen molar-refractivity contribution < 1.29 is 4.74 Å². The summed E-state index contributed by atoms with van der Waals surface area (Å²) >= 11 is 17.5. The van der Waals surface area contributed by atoms with Crippen molar-refractivity contribution in [2.24, 2.45) is 0 Å². The largest absolute Gasteiger partial charge is 0.438 e. The van der Waals surface area contributed by atoms with Gasteiger partial charge in [-0.05, 0) is 18.2 Å². The highest BCUT2D eigenvalue weighted by atomic mass is 35.5. The Morgan fingerprint density at radius 3 is 2.71 bits per heavy atom. The van der Waals surface area contributed by atoms with Gasteiger partial charge in [0.1, 0.15) is 17.2 Å². The minimum atomic E-state index is 0.176. The molecule has 6 heteroatoms. The Hall–Kier alpha value is -1.03. The Bertz CT molecular complexity index is 534. The zero-order chi connectivity index (χ0) is 12.3. The maximum absolute atomic E-state index is 5.89. The van der Waals surface area contributed by atoms with Gasteiger partial charge in [0.2, 0.25) is 5.88 Å². The quantitative estimate of drug-likeness (QED) is 0.623. The van der Waals surface area contributed by atoms with Crippen LogP contribution in [0.5, 0.6) is 11.6 Å². The first-order chi connectivity index (χ1) is 8.20. The molecule has 88 valence electrons. The fourth-order valence-corrected chi connectivity index (χ4v) is 1.90. The molecule has 0 aliphatic heterocycles. The highest BCUT2D eigenvalue weighted by molar-refractivity contribution is 6.31. The molecule has 1 heterocycles. The van der Waals surface area contributed by atoms with Gasteiger partial charge in [-0.3, -0.25) is 0 Å². The van der Waals surface area contributed by atoms with E-state index in [9.17, 15) is 0 Å². The number of nitrogens with zero attached hydrogens (tertiary/aromatic N) is 2. The van der Waals surface area contributed by atoms with Gasteiger partial charge in [0.15, 0.2) is 0 Å². The maximum atomic E-state index is 5.89. The van der Waals surface area contributed by atoms with Gasteiger partial charge >= 0.3 is 0 Å². The summed E-state index contributed by atoms with van der Waals surface area (Å²) < 4.78 is 5.56. The van der Waals surface area contributed by atoms with Gasteiger partial charge in [0.25, 0.3) is 0 Å². The lowest BCUT2D eigenvalue weighted by Crippen LogP contribution is -1.95. The van der Waals surface area contributed by atoms with Gasteiger partial charge in [0.05, 0.1) is 11.4 Å². The molecule has 0 fully saturated rings. The number of benzene rings is 1. The third-order valence-electron chi connectivity index (χ3n) is 2.00. The van der Waals surface area contributed by atoms with Crippen molar-refractivity contribution in [3.05, 3.63) is 46.3 Å². The van der Waals surface area contributed by atoms with Crippen LogP contribution >= 0.6 is 34.8 Å². The monoisotopic (exact) mass is 288 g/mol. The minimum Gasteiger partial charge on any atom is -0.438 e. The number of ether oxygens (including phenoxy) is 1. The summed E-state index contributed by atoms with van der Waals surface area (Å²) in [5.74, 6) is 1.08. The molecule has 0 saturated carbocycles. The maximum Gasteiger partial charge on any atom is 0.228 e.